The van der Waals surface area contributed by atoms with Crippen molar-refractivity contribution in [3.05, 3.63) is 39.9 Å². The largest absolute Gasteiger partial charge is 0.382 e. The SMILES string of the molecule is CSc1nn(-c2cccc([N+](=O)[O-])c2)c(N)c1C#N. The van der Waals surface area contributed by atoms with Crippen molar-refractivity contribution in [2.24, 2.45) is 0 Å². The van der Waals surface area contributed by atoms with Crippen LogP contribution < -0.4 is 5.73 Å². The summed E-state index contributed by atoms with van der Waals surface area (Å²) in [5, 5.41) is 24.4. The van der Waals surface area contributed by atoms with E-state index in [1.54, 1.807) is 18.4 Å². The topological polar surface area (TPSA) is 111 Å². The Labute approximate surface area is 112 Å². The maximum absolute atomic E-state index is 10.7. The number of anilines is 1. The third kappa shape index (κ3) is 2.23. The Morgan fingerprint density at radius 2 is 2.32 bits per heavy atom. The lowest BCUT2D eigenvalue weighted by Gasteiger charge is -2.03. The number of nitrogen functional groups attached to an aromatic ring is 1. The van der Waals surface area contributed by atoms with Gasteiger partial charge in [-0.1, -0.05) is 6.07 Å². The predicted octanol–water partition coefficient (Wildman–Crippen LogP) is 1.96. The van der Waals surface area contributed by atoms with Gasteiger partial charge in [-0.15, -0.1) is 11.8 Å². The molecule has 0 unspecified atom stereocenters. The van der Waals surface area contributed by atoms with Crippen LogP contribution in [0.3, 0.4) is 0 Å². The predicted molar refractivity (Wildman–Crippen MR) is 71.1 cm³/mol. The number of nitriles is 1. The fourth-order valence-corrected chi connectivity index (χ4v) is 2.11. The molecule has 2 aromatic rings. The van der Waals surface area contributed by atoms with Crippen molar-refractivity contribution < 1.29 is 4.92 Å². The summed E-state index contributed by atoms with van der Waals surface area (Å²) in [4.78, 5) is 10.2. The summed E-state index contributed by atoms with van der Waals surface area (Å²) in [6, 6.07) is 7.90. The molecule has 19 heavy (non-hydrogen) atoms. The molecular weight excluding hydrogens is 266 g/mol. The van der Waals surface area contributed by atoms with Crippen LogP contribution in [0.25, 0.3) is 5.69 Å². The number of hydrogen-bond donors (Lipinski definition) is 1. The molecule has 0 saturated carbocycles. The van der Waals surface area contributed by atoms with Crippen LogP contribution in [-0.2, 0) is 0 Å². The molecular formula is C11H9N5O2S. The van der Waals surface area contributed by atoms with Gasteiger partial charge in [0.1, 0.15) is 22.5 Å². The molecule has 1 aromatic heterocycles. The molecule has 0 fully saturated rings. The van der Waals surface area contributed by atoms with Crippen LogP contribution >= 0.6 is 11.8 Å². The summed E-state index contributed by atoms with van der Waals surface area (Å²) < 4.78 is 1.33. The van der Waals surface area contributed by atoms with Gasteiger partial charge in [-0.3, -0.25) is 10.1 Å². The lowest BCUT2D eigenvalue weighted by molar-refractivity contribution is -0.384. The molecule has 0 amide bonds. The first-order valence-corrected chi connectivity index (χ1v) is 6.38. The van der Waals surface area contributed by atoms with Gasteiger partial charge >= 0.3 is 0 Å². The van der Waals surface area contributed by atoms with Gasteiger partial charge in [0.25, 0.3) is 5.69 Å². The third-order valence-electron chi connectivity index (χ3n) is 2.48. The standard InChI is InChI=1S/C11H9N5O2S/c1-19-11-9(6-12)10(13)15(14-11)7-3-2-4-8(5-7)16(17)18/h2-5H,13H2,1H3. The molecule has 0 radical (unpaired) electrons. The Morgan fingerprint density at radius 3 is 2.84 bits per heavy atom. The van der Waals surface area contributed by atoms with E-state index in [0.717, 1.165) is 0 Å². The minimum absolute atomic E-state index is 0.0587. The molecule has 0 atom stereocenters. The molecule has 8 heteroatoms. The zero-order valence-electron chi connectivity index (χ0n) is 9.90. The van der Waals surface area contributed by atoms with E-state index in [-0.39, 0.29) is 17.1 Å². The van der Waals surface area contributed by atoms with E-state index < -0.39 is 4.92 Å². The molecule has 2 N–H and O–H groups in total. The first-order valence-electron chi connectivity index (χ1n) is 5.16. The van der Waals surface area contributed by atoms with E-state index in [1.807, 2.05) is 6.07 Å². The van der Waals surface area contributed by atoms with E-state index in [0.29, 0.717) is 10.7 Å². The molecule has 1 heterocycles. The van der Waals surface area contributed by atoms with Gasteiger partial charge in [0, 0.05) is 12.1 Å². The lowest BCUT2D eigenvalue weighted by Crippen LogP contribution is -2.03. The van der Waals surface area contributed by atoms with Gasteiger partial charge in [-0.25, -0.2) is 4.68 Å². The summed E-state index contributed by atoms with van der Waals surface area (Å²) in [6.45, 7) is 0. The highest BCUT2D eigenvalue weighted by Crippen LogP contribution is 2.27. The van der Waals surface area contributed by atoms with Gasteiger partial charge < -0.3 is 5.73 Å². The number of nitrogens with zero attached hydrogens (tertiary/aromatic N) is 4. The van der Waals surface area contributed by atoms with Crippen LogP contribution in [0, 0.1) is 21.4 Å². The van der Waals surface area contributed by atoms with E-state index in [1.165, 1.54) is 28.6 Å². The zero-order valence-corrected chi connectivity index (χ0v) is 10.7. The molecule has 0 aliphatic carbocycles. The maximum atomic E-state index is 10.7. The van der Waals surface area contributed by atoms with Crippen molar-refractivity contribution in [3.63, 3.8) is 0 Å². The highest BCUT2D eigenvalue weighted by Gasteiger charge is 2.17. The van der Waals surface area contributed by atoms with Gasteiger partial charge in [-0.05, 0) is 12.3 Å². The number of nitrogens with two attached hydrogens (primary N) is 1. The third-order valence-corrected chi connectivity index (χ3v) is 3.15. The summed E-state index contributed by atoms with van der Waals surface area (Å²) >= 11 is 1.29. The van der Waals surface area contributed by atoms with Crippen molar-refractivity contribution in [3.8, 4) is 11.8 Å². The molecule has 0 saturated heterocycles. The van der Waals surface area contributed by atoms with E-state index in [2.05, 4.69) is 5.10 Å². The van der Waals surface area contributed by atoms with E-state index in [4.69, 9.17) is 11.0 Å². The Morgan fingerprint density at radius 1 is 1.58 bits per heavy atom. The van der Waals surface area contributed by atoms with Crippen LogP contribution in [0.4, 0.5) is 11.5 Å². The first-order chi connectivity index (χ1) is 9.08. The van der Waals surface area contributed by atoms with Gasteiger partial charge in [0.15, 0.2) is 0 Å². The fourth-order valence-electron chi connectivity index (χ4n) is 1.59. The van der Waals surface area contributed by atoms with Crippen LogP contribution in [0.1, 0.15) is 5.56 Å². The number of nitro benzene ring substituents is 1. The molecule has 0 aliphatic rings. The number of thioether (sulfide) groups is 1. The Kier molecular flexibility index (Phi) is 3.39. The first kappa shape index (κ1) is 12.9. The van der Waals surface area contributed by atoms with Gasteiger partial charge in [0.05, 0.1) is 10.6 Å². The second-order valence-electron chi connectivity index (χ2n) is 3.57. The summed E-state index contributed by atoms with van der Waals surface area (Å²) in [6.07, 6.45) is 1.78. The van der Waals surface area contributed by atoms with Gasteiger partial charge in [-0.2, -0.15) is 10.4 Å². The summed E-state index contributed by atoms with van der Waals surface area (Å²) in [7, 11) is 0. The number of non-ortho nitro benzene ring substituents is 1. The zero-order chi connectivity index (χ0) is 14.0. The minimum Gasteiger partial charge on any atom is -0.382 e. The normalized spacial score (nSPS) is 10.1. The minimum atomic E-state index is -0.496. The number of benzene rings is 1. The second kappa shape index (κ2) is 4.99. The van der Waals surface area contributed by atoms with Crippen molar-refractivity contribution in [2.45, 2.75) is 5.03 Å². The Bertz CT molecular complexity index is 689. The average Bonchev–Trinajstić information content (AvgIpc) is 2.75. The van der Waals surface area contributed by atoms with Crippen LogP contribution in [0.2, 0.25) is 0 Å². The number of rotatable bonds is 3. The fraction of sp³-hybridized carbons (Fsp3) is 0.0909. The highest BCUT2D eigenvalue weighted by atomic mass is 32.2. The van der Waals surface area contributed by atoms with E-state index in [9.17, 15) is 10.1 Å². The van der Waals surface area contributed by atoms with Crippen molar-refractivity contribution in [1.29, 1.82) is 5.26 Å². The second-order valence-corrected chi connectivity index (χ2v) is 4.37. The van der Waals surface area contributed by atoms with Crippen molar-refractivity contribution >= 4 is 23.3 Å². The summed E-state index contributed by atoms with van der Waals surface area (Å²) in [5.74, 6) is 0.173. The highest BCUT2D eigenvalue weighted by molar-refractivity contribution is 7.98. The quantitative estimate of drug-likeness (QED) is 0.520. The molecule has 0 spiro atoms. The summed E-state index contributed by atoms with van der Waals surface area (Å²) in [5.41, 5.74) is 6.51. The lowest BCUT2D eigenvalue weighted by atomic mass is 10.3. The van der Waals surface area contributed by atoms with Crippen LogP contribution in [0.5, 0.6) is 0 Å². The van der Waals surface area contributed by atoms with E-state index >= 15 is 0 Å². The van der Waals surface area contributed by atoms with Crippen molar-refractivity contribution in [1.82, 2.24) is 9.78 Å². The monoisotopic (exact) mass is 275 g/mol. The number of nitro groups is 1. The molecule has 0 bridgehead atoms. The van der Waals surface area contributed by atoms with Crippen LogP contribution in [0.15, 0.2) is 29.3 Å². The number of hydrogen-bond acceptors (Lipinski definition) is 6. The van der Waals surface area contributed by atoms with Crippen LogP contribution in [-0.4, -0.2) is 21.0 Å². The molecule has 1 aromatic carbocycles. The molecule has 0 aliphatic heterocycles. The average molecular weight is 275 g/mol. The Hall–Kier alpha value is -2.53. The molecule has 96 valence electrons. The Balaban J connectivity index is 2.60. The van der Waals surface area contributed by atoms with Gasteiger partial charge in [0.2, 0.25) is 0 Å². The molecule has 7 nitrogen and oxygen atoms in total. The maximum Gasteiger partial charge on any atom is 0.271 e. The molecule has 2 rings (SSSR count). The smallest absolute Gasteiger partial charge is 0.271 e. The number of aromatic nitrogens is 2. The van der Waals surface area contributed by atoms with Crippen molar-refractivity contribution in [2.75, 3.05) is 12.0 Å².